The van der Waals surface area contributed by atoms with Crippen molar-refractivity contribution in [3.63, 3.8) is 0 Å². The Morgan fingerprint density at radius 3 is 2.94 bits per heavy atom. The summed E-state index contributed by atoms with van der Waals surface area (Å²) in [7, 11) is 4.28. The Kier molecular flexibility index (Phi) is 6.46. The van der Waals surface area contributed by atoms with Gasteiger partial charge in [-0.15, -0.1) is 0 Å². The second kappa shape index (κ2) is 7.89. The molecule has 0 spiro atoms. The maximum absolute atomic E-state index is 11.8. The fraction of sp³-hybridized carbons (Fsp3) is 0.615. The number of amides is 1. The minimum absolute atomic E-state index is 0.0443. The van der Waals surface area contributed by atoms with Gasteiger partial charge >= 0.3 is 0 Å². The molecule has 0 fully saturated rings. The molecule has 1 aromatic heterocycles. The third-order valence-corrected chi connectivity index (χ3v) is 2.83. The largest absolute Gasteiger partial charge is 0.467 e. The molecule has 1 aromatic rings. The SMILES string of the molecule is C[C@H]([NH2+]CCC[NH+](C)C)C(=O)NCc1ccco1. The smallest absolute Gasteiger partial charge is 0.278 e. The molecule has 18 heavy (non-hydrogen) atoms. The topological polar surface area (TPSA) is 63.3 Å². The summed E-state index contributed by atoms with van der Waals surface area (Å²) < 4.78 is 5.16. The van der Waals surface area contributed by atoms with Gasteiger partial charge in [0.1, 0.15) is 5.76 Å². The molecule has 0 radical (unpaired) electrons. The fourth-order valence-corrected chi connectivity index (χ4v) is 1.68. The fourth-order valence-electron chi connectivity index (χ4n) is 1.68. The molecular formula is C13H25N3O2+2. The highest BCUT2D eigenvalue weighted by Gasteiger charge is 2.15. The van der Waals surface area contributed by atoms with Crippen LogP contribution in [0.2, 0.25) is 0 Å². The summed E-state index contributed by atoms with van der Waals surface area (Å²) in [6.07, 6.45) is 2.73. The predicted molar refractivity (Wildman–Crippen MR) is 69.1 cm³/mol. The van der Waals surface area contributed by atoms with E-state index in [1.54, 1.807) is 6.26 Å². The molecule has 1 amide bonds. The average Bonchev–Trinajstić information content (AvgIpc) is 2.84. The average molecular weight is 255 g/mol. The Balaban J connectivity index is 2.12. The Labute approximate surface area is 109 Å². The van der Waals surface area contributed by atoms with Gasteiger partial charge in [0.2, 0.25) is 0 Å². The Morgan fingerprint density at radius 1 is 1.56 bits per heavy atom. The molecule has 1 heterocycles. The molecule has 0 aliphatic heterocycles. The number of hydrogen-bond acceptors (Lipinski definition) is 2. The third-order valence-electron chi connectivity index (χ3n) is 2.83. The first-order chi connectivity index (χ1) is 8.59. The number of quaternary nitrogens is 2. The monoisotopic (exact) mass is 255 g/mol. The second-order valence-electron chi connectivity index (χ2n) is 4.92. The van der Waals surface area contributed by atoms with Crippen molar-refractivity contribution in [3.8, 4) is 0 Å². The van der Waals surface area contributed by atoms with Crippen molar-refractivity contribution in [3.05, 3.63) is 24.2 Å². The summed E-state index contributed by atoms with van der Waals surface area (Å²) in [6, 6.07) is 3.63. The first-order valence-corrected chi connectivity index (χ1v) is 6.52. The van der Waals surface area contributed by atoms with Gasteiger partial charge in [-0.05, 0) is 19.1 Å². The zero-order valence-corrected chi connectivity index (χ0v) is 11.5. The lowest BCUT2D eigenvalue weighted by Gasteiger charge is -2.11. The normalized spacial score (nSPS) is 12.7. The molecule has 102 valence electrons. The van der Waals surface area contributed by atoms with Gasteiger partial charge in [0.05, 0.1) is 40.0 Å². The van der Waals surface area contributed by atoms with Crippen molar-refractivity contribution in [2.75, 3.05) is 27.2 Å². The summed E-state index contributed by atoms with van der Waals surface area (Å²) in [5, 5.41) is 4.95. The summed E-state index contributed by atoms with van der Waals surface area (Å²) >= 11 is 0. The lowest BCUT2D eigenvalue weighted by Crippen LogP contribution is -3.06. The van der Waals surface area contributed by atoms with E-state index in [1.165, 1.54) is 4.90 Å². The Morgan fingerprint density at radius 2 is 2.33 bits per heavy atom. The van der Waals surface area contributed by atoms with Crippen LogP contribution in [0.1, 0.15) is 19.1 Å². The molecule has 5 nitrogen and oxygen atoms in total. The van der Waals surface area contributed by atoms with E-state index in [9.17, 15) is 4.79 Å². The van der Waals surface area contributed by atoms with Crippen LogP contribution in [0.3, 0.4) is 0 Å². The van der Waals surface area contributed by atoms with E-state index in [0.29, 0.717) is 6.54 Å². The lowest BCUT2D eigenvalue weighted by molar-refractivity contribution is -0.860. The van der Waals surface area contributed by atoms with E-state index in [4.69, 9.17) is 4.42 Å². The number of furan rings is 1. The first kappa shape index (κ1) is 14.7. The van der Waals surface area contributed by atoms with Crippen LogP contribution in [0.4, 0.5) is 0 Å². The van der Waals surface area contributed by atoms with Crippen LogP contribution < -0.4 is 15.5 Å². The molecular weight excluding hydrogens is 230 g/mol. The molecule has 4 N–H and O–H groups in total. The van der Waals surface area contributed by atoms with Gasteiger partial charge in [-0.3, -0.25) is 4.79 Å². The number of hydrogen-bond donors (Lipinski definition) is 3. The highest BCUT2D eigenvalue weighted by atomic mass is 16.3. The van der Waals surface area contributed by atoms with Crippen LogP contribution in [0.25, 0.3) is 0 Å². The molecule has 0 aromatic carbocycles. The van der Waals surface area contributed by atoms with Gasteiger partial charge in [-0.1, -0.05) is 0 Å². The summed E-state index contributed by atoms with van der Waals surface area (Å²) in [5.41, 5.74) is 0. The maximum Gasteiger partial charge on any atom is 0.278 e. The highest BCUT2D eigenvalue weighted by Crippen LogP contribution is 1.98. The van der Waals surface area contributed by atoms with Crippen LogP contribution in [0, 0.1) is 0 Å². The lowest BCUT2D eigenvalue weighted by atomic mass is 10.3. The molecule has 1 atom stereocenters. The van der Waals surface area contributed by atoms with E-state index in [0.717, 1.165) is 25.3 Å². The highest BCUT2D eigenvalue weighted by molar-refractivity contribution is 5.79. The van der Waals surface area contributed by atoms with Gasteiger partial charge in [-0.25, -0.2) is 0 Å². The molecule has 0 saturated carbocycles. The van der Waals surface area contributed by atoms with Crippen LogP contribution in [-0.4, -0.2) is 39.1 Å². The molecule has 0 saturated heterocycles. The van der Waals surface area contributed by atoms with Crippen molar-refractivity contribution in [2.45, 2.75) is 25.9 Å². The van der Waals surface area contributed by atoms with Crippen LogP contribution in [-0.2, 0) is 11.3 Å². The van der Waals surface area contributed by atoms with Crippen molar-refractivity contribution in [2.24, 2.45) is 0 Å². The molecule has 0 aliphatic rings. The van der Waals surface area contributed by atoms with E-state index in [2.05, 4.69) is 24.7 Å². The van der Waals surface area contributed by atoms with Crippen molar-refractivity contribution >= 4 is 5.91 Å². The number of carbonyl (C=O) groups excluding carboxylic acids is 1. The molecule has 1 rings (SSSR count). The van der Waals surface area contributed by atoms with E-state index >= 15 is 0 Å². The van der Waals surface area contributed by atoms with Gasteiger partial charge < -0.3 is 20.0 Å². The second-order valence-corrected chi connectivity index (χ2v) is 4.92. The number of rotatable bonds is 8. The van der Waals surface area contributed by atoms with E-state index < -0.39 is 0 Å². The molecule has 0 aliphatic carbocycles. The van der Waals surface area contributed by atoms with Gasteiger partial charge in [-0.2, -0.15) is 0 Å². The standard InChI is InChI=1S/C13H23N3O2/c1-11(14-7-5-8-16(2)3)13(17)15-10-12-6-4-9-18-12/h4,6,9,11,14H,5,7-8,10H2,1-3H3,(H,15,17)/p+2/t11-/m0/s1. The third kappa shape index (κ3) is 5.84. The minimum Gasteiger partial charge on any atom is -0.467 e. The van der Waals surface area contributed by atoms with Gasteiger partial charge in [0.15, 0.2) is 6.04 Å². The predicted octanol–water partition coefficient (Wildman–Crippen LogP) is -1.62. The summed E-state index contributed by atoms with van der Waals surface area (Å²) in [5.74, 6) is 0.843. The van der Waals surface area contributed by atoms with Crippen LogP contribution >= 0.6 is 0 Å². The number of nitrogens with two attached hydrogens (primary N) is 1. The maximum atomic E-state index is 11.8. The zero-order chi connectivity index (χ0) is 13.4. The molecule has 5 heteroatoms. The Bertz CT molecular complexity index is 336. The molecule has 0 bridgehead atoms. The van der Waals surface area contributed by atoms with Crippen molar-refractivity contribution in [1.82, 2.24) is 5.32 Å². The van der Waals surface area contributed by atoms with Gasteiger partial charge in [0.25, 0.3) is 5.91 Å². The summed E-state index contributed by atoms with van der Waals surface area (Å²) in [4.78, 5) is 13.2. The number of nitrogens with one attached hydrogen (secondary N) is 2. The van der Waals surface area contributed by atoms with E-state index in [1.807, 2.05) is 19.1 Å². The van der Waals surface area contributed by atoms with Crippen LogP contribution in [0.15, 0.2) is 22.8 Å². The van der Waals surface area contributed by atoms with Crippen molar-refractivity contribution < 1.29 is 19.4 Å². The summed E-state index contributed by atoms with van der Waals surface area (Å²) in [6.45, 7) is 4.52. The minimum atomic E-state index is -0.0443. The number of carbonyl (C=O) groups is 1. The quantitative estimate of drug-likeness (QED) is 0.489. The van der Waals surface area contributed by atoms with Crippen molar-refractivity contribution in [1.29, 1.82) is 0 Å². The van der Waals surface area contributed by atoms with E-state index in [-0.39, 0.29) is 11.9 Å². The Hall–Kier alpha value is -1.33. The van der Waals surface area contributed by atoms with Crippen LogP contribution in [0.5, 0.6) is 0 Å². The zero-order valence-electron chi connectivity index (χ0n) is 11.5. The molecule has 0 unspecified atom stereocenters. The van der Waals surface area contributed by atoms with Gasteiger partial charge in [0, 0.05) is 6.42 Å². The first-order valence-electron chi connectivity index (χ1n) is 6.52.